The molecule has 16 nitrogen and oxygen atoms in total. The lowest BCUT2D eigenvalue weighted by Crippen LogP contribution is -2.50. The number of carbonyl (C=O) groups is 4. The van der Waals surface area contributed by atoms with Crippen molar-refractivity contribution < 1.29 is 122 Å². The SMILES string of the molecule is NC(=O)c1cc(-c2ccc(C#CC3(O)CC(F)(F)C3)nc2[C@@H](CC(=O)Cn2nc(C(F)(F)F)c3c2C(F)(F)[C@@H]2C[C@H]32)Cc2cc(F)cc(F)c2)ccc1F.NC(=O)c1cc(-c2ccc(C#CC3(O)CC(F)(F)C3)nc2[C@@H](N)Cc2cc(F)cc(F)c2)ccc1F.O=C(O)Cn1nc(C(F)(F)F)c2c1C(F)(F)[C@@H]1C[C@H]21. The molecule has 4 aromatic carbocycles. The van der Waals surface area contributed by atoms with Crippen LogP contribution in [-0.2, 0) is 59.7 Å². The number of benzene rings is 4. The van der Waals surface area contributed by atoms with Crippen molar-refractivity contribution in [3.8, 4) is 45.9 Å². The van der Waals surface area contributed by atoms with E-state index in [1.807, 2.05) is 0 Å². The van der Waals surface area contributed by atoms with E-state index in [0.717, 1.165) is 42.5 Å². The Kier molecular flexibility index (Phi) is 19.8. The summed E-state index contributed by atoms with van der Waals surface area (Å²) in [6, 6.07) is 16.8. The first-order valence-corrected chi connectivity index (χ1v) is 32.6. The summed E-state index contributed by atoms with van der Waals surface area (Å²) in [4.78, 5) is 56.8. The van der Waals surface area contributed by atoms with Crippen LogP contribution in [0.4, 0.5) is 87.8 Å². The van der Waals surface area contributed by atoms with E-state index in [2.05, 4.69) is 43.8 Å². The second kappa shape index (κ2) is 27.7. The number of alkyl halides is 14. The van der Waals surface area contributed by atoms with E-state index in [4.69, 9.17) is 22.3 Å². The van der Waals surface area contributed by atoms with Crippen LogP contribution in [0.3, 0.4) is 0 Å². The van der Waals surface area contributed by atoms with Gasteiger partial charge in [-0.05, 0) is 144 Å². The Bertz CT molecular complexity index is 5150. The van der Waals surface area contributed by atoms with Crippen LogP contribution in [0.1, 0.15) is 157 Å². The fraction of sp³-hybridized carbons (Fsp3) is 0.342. The van der Waals surface area contributed by atoms with Gasteiger partial charge in [0.2, 0.25) is 0 Å². The van der Waals surface area contributed by atoms with Crippen LogP contribution < -0.4 is 17.2 Å². The molecule has 0 radical (unpaired) electrons. The molecule has 0 aliphatic heterocycles. The van der Waals surface area contributed by atoms with Crippen molar-refractivity contribution in [1.82, 2.24) is 29.5 Å². The van der Waals surface area contributed by atoms with Gasteiger partial charge in [0, 0.05) is 58.6 Å². The van der Waals surface area contributed by atoms with Gasteiger partial charge in [0.1, 0.15) is 82.0 Å². The molecular formula is C73H53F20N9O7. The third-order valence-electron chi connectivity index (χ3n) is 19.0. The van der Waals surface area contributed by atoms with Crippen molar-refractivity contribution in [2.24, 2.45) is 29.0 Å². The normalized spacial score (nSPS) is 20.3. The number of rotatable bonds is 16. The van der Waals surface area contributed by atoms with Crippen LogP contribution in [0, 0.1) is 70.4 Å². The molecule has 4 heterocycles. The minimum absolute atomic E-state index is 0.0121. The Balaban J connectivity index is 0.000000172. The van der Waals surface area contributed by atoms with Crippen molar-refractivity contribution in [3.05, 3.63) is 211 Å². The number of carboxylic acid groups (broad SMARTS) is 1. The van der Waals surface area contributed by atoms with Crippen molar-refractivity contribution in [2.75, 3.05) is 0 Å². The number of nitrogens with two attached hydrogens (primary N) is 3. The van der Waals surface area contributed by atoms with E-state index < -0.39 is 232 Å². The molecule has 109 heavy (non-hydrogen) atoms. The molecule has 4 aromatic heterocycles. The zero-order valence-corrected chi connectivity index (χ0v) is 55.4. The van der Waals surface area contributed by atoms with Gasteiger partial charge in [-0.15, -0.1) is 0 Å². The topological polar surface area (TPSA) is 268 Å². The number of hydrogen-bond donors (Lipinski definition) is 6. The van der Waals surface area contributed by atoms with Crippen molar-refractivity contribution in [1.29, 1.82) is 0 Å². The van der Waals surface area contributed by atoms with Crippen molar-refractivity contribution >= 4 is 23.6 Å². The smallest absolute Gasteiger partial charge is 0.435 e. The highest BCUT2D eigenvalue weighted by molar-refractivity contribution is 5.95. The Labute approximate surface area is 601 Å². The number of Topliss-reactive ketones (excluding diaryl/α,β-unsaturated/α-hetero) is 1. The standard InChI is InChI=1S/C37H26F10N4O3.C26H20F5N3O2.C10H7F5N2O2/c38-20-8-17(9-21(39)12-20)7-19(10-23(52)14-51-32-29(31(50-51)37(45,46)47)25-13-27(25)36(32,43)44)30-24(18-1-4-28(40)26(11-18)33(48)53)3-2-22(49-30)5-6-34(54)15-35(41,42)16-34;27-16-7-14(8-17(28)11-16)9-22(32)23-19(15-1-4-21(29)20(10-15)24(33)35)3-2-18(34-23)5-6-25(36)12-26(30,31)13-25;11-9(12)4-1-3(4)6-7(10(13,14)15)16-17(8(6)9)2-5(18)19/h1-4,8-9,11-12,19,25,27,54H,7,10,13-16H2,(H2,48,53);1-4,7-8,10-11,22,36H,9,12-13,32H2,(H2,33,35);3-4H,1-2H2,(H,18,19)/t19-,25+,27-;22-;3-,4+/m100/s1. The lowest BCUT2D eigenvalue weighted by atomic mass is 9.77. The van der Waals surface area contributed by atoms with Gasteiger partial charge in [-0.1, -0.05) is 24.0 Å². The summed E-state index contributed by atoms with van der Waals surface area (Å²) in [5, 5.41) is 35.5. The summed E-state index contributed by atoms with van der Waals surface area (Å²) < 4.78 is 277. The average molecular weight is 1550 g/mol. The van der Waals surface area contributed by atoms with E-state index in [0.29, 0.717) is 27.9 Å². The fourth-order valence-electron chi connectivity index (χ4n) is 14.3. The zero-order valence-electron chi connectivity index (χ0n) is 55.4. The maximum absolute atomic E-state index is 15.3. The third-order valence-corrected chi connectivity index (χ3v) is 19.0. The van der Waals surface area contributed by atoms with Crippen LogP contribution >= 0.6 is 0 Å². The predicted octanol–water partition coefficient (Wildman–Crippen LogP) is 13.4. The first kappa shape index (κ1) is 77.9. The first-order chi connectivity index (χ1) is 50.6. The Morgan fingerprint density at radius 3 is 1.30 bits per heavy atom. The molecule has 14 rings (SSSR count). The van der Waals surface area contributed by atoms with Gasteiger partial charge >= 0.3 is 18.3 Å². The maximum Gasteiger partial charge on any atom is 0.435 e. The Morgan fingerprint density at radius 2 is 0.917 bits per heavy atom. The van der Waals surface area contributed by atoms with Crippen molar-refractivity contribution in [3.63, 3.8) is 0 Å². The number of halogens is 20. The summed E-state index contributed by atoms with van der Waals surface area (Å²) >= 11 is 0. The molecule has 6 aliphatic rings. The predicted molar refractivity (Wildman–Crippen MR) is 339 cm³/mol. The number of amides is 2. The Morgan fingerprint density at radius 1 is 0.532 bits per heavy atom. The van der Waals surface area contributed by atoms with Crippen molar-refractivity contribution in [2.45, 2.75) is 142 Å². The third kappa shape index (κ3) is 16.2. The number of carboxylic acids is 1. The highest BCUT2D eigenvalue weighted by Crippen LogP contribution is 2.70. The Hall–Kier alpha value is -10.7. The number of aliphatic carboxylic acids is 1. The van der Waals surface area contributed by atoms with Crippen LogP contribution in [0.25, 0.3) is 22.3 Å². The number of aliphatic hydroxyl groups is 2. The lowest BCUT2D eigenvalue weighted by molar-refractivity contribution is -0.177. The molecule has 9 N–H and O–H groups in total. The van der Waals surface area contributed by atoms with Gasteiger partial charge in [-0.25, -0.2) is 53.9 Å². The monoisotopic (exact) mass is 1550 g/mol. The first-order valence-electron chi connectivity index (χ1n) is 32.6. The van der Waals surface area contributed by atoms with Gasteiger partial charge in [-0.2, -0.15) is 54.1 Å². The summed E-state index contributed by atoms with van der Waals surface area (Å²) in [6.45, 7) is -2.06. The molecule has 4 saturated carbocycles. The minimum atomic E-state index is -5.10. The number of aromatic nitrogens is 6. The average Bonchev–Trinajstić information content (AvgIpc) is 1.52. The van der Waals surface area contributed by atoms with E-state index >= 15 is 8.78 Å². The second-order valence-corrected chi connectivity index (χ2v) is 27.4. The summed E-state index contributed by atoms with van der Waals surface area (Å²) in [7, 11) is 0. The number of ketones is 1. The maximum atomic E-state index is 15.3. The number of primary amides is 2. The molecular weight excluding hydrogens is 1490 g/mol. The molecule has 6 aliphatic carbocycles. The van der Waals surface area contributed by atoms with E-state index in [1.54, 1.807) is 0 Å². The summed E-state index contributed by atoms with van der Waals surface area (Å²) in [6.07, 6.45) is -14.8. The highest BCUT2D eigenvalue weighted by atomic mass is 19.4. The molecule has 4 fully saturated rings. The summed E-state index contributed by atoms with van der Waals surface area (Å²) in [5.41, 5.74) is 7.18. The van der Waals surface area contributed by atoms with Crippen LogP contribution in [-0.4, -0.2) is 91.5 Å². The molecule has 0 saturated heterocycles. The quantitative estimate of drug-likeness (QED) is 0.0389. The van der Waals surface area contributed by atoms with Gasteiger partial charge in [-0.3, -0.25) is 28.5 Å². The lowest BCUT2D eigenvalue weighted by Gasteiger charge is -2.39. The molecule has 8 aromatic rings. The largest absolute Gasteiger partial charge is 0.480 e. The molecule has 2 amide bonds. The molecule has 572 valence electrons. The molecule has 0 unspecified atom stereocenters. The van der Waals surface area contributed by atoms with E-state index in [1.165, 1.54) is 42.5 Å². The second-order valence-electron chi connectivity index (χ2n) is 27.4. The zero-order chi connectivity index (χ0) is 79.5. The number of hydrogen-bond acceptors (Lipinski definition) is 11. The van der Waals surface area contributed by atoms with Crippen LogP contribution in [0.5, 0.6) is 0 Å². The van der Waals surface area contributed by atoms with Gasteiger partial charge in [0.05, 0.1) is 54.2 Å². The van der Waals surface area contributed by atoms with Gasteiger partial charge < -0.3 is 32.5 Å². The molecule has 0 spiro atoms. The number of fused-ring (bicyclic) bond motifs is 6. The molecule has 36 heteroatoms. The van der Waals surface area contributed by atoms with Crippen LogP contribution in [0.15, 0.2) is 97.1 Å². The van der Waals surface area contributed by atoms with E-state index in [9.17, 15) is 108 Å². The van der Waals surface area contributed by atoms with Gasteiger partial charge in [0.25, 0.3) is 35.5 Å². The number of nitrogens with zero attached hydrogens (tertiary/aromatic N) is 6. The number of carbonyl (C=O) groups excluding carboxylic acids is 3. The van der Waals surface area contributed by atoms with E-state index in [-0.39, 0.29) is 74.5 Å². The molecule has 6 atom stereocenters. The highest BCUT2D eigenvalue weighted by Gasteiger charge is 2.70. The number of pyridine rings is 2. The van der Waals surface area contributed by atoms with Gasteiger partial charge in [0.15, 0.2) is 17.2 Å². The van der Waals surface area contributed by atoms with Crippen LogP contribution in [0.2, 0.25) is 0 Å². The molecule has 0 bridgehead atoms. The minimum Gasteiger partial charge on any atom is -0.480 e. The summed E-state index contributed by atoms with van der Waals surface area (Å²) in [5.74, 6) is -19.3. The fourth-order valence-corrected chi connectivity index (χ4v) is 14.3.